The van der Waals surface area contributed by atoms with Crippen molar-refractivity contribution >= 4 is 15.9 Å². The van der Waals surface area contributed by atoms with Gasteiger partial charge in [-0.3, -0.25) is 0 Å². The molecule has 118 valence electrons. The van der Waals surface area contributed by atoms with Crippen LogP contribution in [0, 0.1) is 0 Å². The van der Waals surface area contributed by atoms with E-state index in [9.17, 15) is 0 Å². The van der Waals surface area contributed by atoms with Gasteiger partial charge in [0.15, 0.2) is 6.29 Å². The van der Waals surface area contributed by atoms with Gasteiger partial charge < -0.3 is 9.47 Å². The molecule has 2 atom stereocenters. The normalized spacial score (nSPS) is 21.4. The number of allylic oxidation sites excluding steroid dienone is 2. The Kier molecular flexibility index (Phi) is 11.7. The number of ether oxygens (including phenoxy) is 2. The molecule has 0 saturated carbocycles. The molecule has 1 aliphatic rings. The summed E-state index contributed by atoms with van der Waals surface area (Å²) in [5, 5.41) is 0. The maximum absolute atomic E-state index is 5.70. The Morgan fingerprint density at radius 2 is 1.95 bits per heavy atom. The smallest absolute Gasteiger partial charge is 0.157 e. The van der Waals surface area contributed by atoms with Gasteiger partial charge in [0.25, 0.3) is 0 Å². The van der Waals surface area contributed by atoms with E-state index in [1.807, 2.05) is 0 Å². The Balaban J connectivity index is 1.80. The van der Waals surface area contributed by atoms with Crippen LogP contribution in [-0.4, -0.2) is 24.3 Å². The Bertz CT molecular complexity index is 235. The van der Waals surface area contributed by atoms with Crippen molar-refractivity contribution in [1.82, 2.24) is 0 Å². The van der Waals surface area contributed by atoms with Crippen LogP contribution in [0.2, 0.25) is 0 Å². The van der Waals surface area contributed by atoms with Gasteiger partial charge in [0, 0.05) is 11.4 Å². The first-order valence-electron chi connectivity index (χ1n) is 8.31. The Labute approximate surface area is 133 Å². The van der Waals surface area contributed by atoms with E-state index < -0.39 is 0 Å². The summed E-state index contributed by atoms with van der Waals surface area (Å²) < 4.78 is 11.2. The van der Waals surface area contributed by atoms with Crippen molar-refractivity contribution in [2.75, 3.05) is 13.2 Å². The minimum Gasteiger partial charge on any atom is -0.353 e. The van der Waals surface area contributed by atoms with Gasteiger partial charge in [0.05, 0.1) is 6.61 Å². The van der Waals surface area contributed by atoms with Gasteiger partial charge >= 0.3 is 0 Å². The maximum Gasteiger partial charge on any atom is 0.157 e. The predicted molar refractivity (Wildman–Crippen MR) is 89.4 cm³/mol. The number of alkyl halides is 1. The molecule has 0 radical (unpaired) electrons. The van der Waals surface area contributed by atoms with Gasteiger partial charge in [0.1, 0.15) is 0 Å². The Morgan fingerprint density at radius 1 is 1.15 bits per heavy atom. The van der Waals surface area contributed by atoms with Crippen LogP contribution in [0.3, 0.4) is 0 Å². The summed E-state index contributed by atoms with van der Waals surface area (Å²) in [5.41, 5.74) is 0. The van der Waals surface area contributed by atoms with Crippen LogP contribution in [0.5, 0.6) is 0 Å². The first kappa shape index (κ1) is 18.2. The van der Waals surface area contributed by atoms with Crippen LogP contribution in [0.15, 0.2) is 12.2 Å². The molecule has 0 bridgehead atoms. The van der Waals surface area contributed by atoms with Crippen LogP contribution in [0.4, 0.5) is 0 Å². The van der Waals surface area contributed by atoms with Crippen molar-refractivity contribution in [1.29, 1.82) is 0 Å². The number of hydrogen-bond acceptors (Lipinski definition) is 2. The van der Waals surface area contributed by atoms with Gasteiger partial charge in [-0.25, -0.2) is 0 Å². The molecule has 2 nitrogen and oxygen atoms in total. The molecule has 1 fully saturated rings. The fraction of sp³-hybridized carbons (Fsp3) is 0.882. The van der Waals surface area contributed by atoms with Crippen molar-refractivity contribution in [3.8, 4) is 0 Å². The quantitative estimate of drug-likeness (QED) is 0.275. The summed E-state index contributed by atoms with van der Waals surface area (Å²) in [7, 11) is 0. The molecule has 0 aromatic rings. The molecular formula is C17H31BrO2. The second kappa shape index (κ2) is 12.8. The second-order valence-electron chi connectivity index (χ2n) is 5.70. The third kappa shape index (κ3) is 10.9. The molecule has 0 aromatic carbocycles. The van der Waals surface area contributed by atoms with Gasteiger partial charge in [-0.1, -0.05) is 47.8 Å². The van der Waals surface area contributed by atoms with Crippen LogP contribution in [0.1, 0.15) is 71.1 Å². The van der Waals surface area contributed by atoms with Crippen LogP contribution >= 0.6 is 15.9 Å². The average molecular weight is 347 g/mol. The number of halogens is 1. The summed E-state index contributed by atoms with van der Waals surface area (Å²) in [6, 6.07) is 0. The van der Waals surface area contributed by atoms with E-state index in [1.165, 1.54) is 44.9 Å². The number of unbranched alkanes of at least 4 members (excludes halogenated alkanes) is 4. The molecule has 0 aromatic heterocycles. The molecule has 1 aliphatic heterocycles. The average Bonchev–Trinajstić information content (AvgIpc) is 2.45. The van der Waals surface area contributed by atoms with Crippen LogP contribution < -0.4 is 0 Å². The number of rotatable bonds is 11. The molecule has 0 N–H and O–H groups in total. The molecule has 0 aliphatic carbocycles. The van der Waals surface area contributed by atoms with Crippen molar-refractivity contribution in [2.45, 2.75) is 82.2 Å². The highest BCUT2D eigenvalue weighted by atomic mass is 79.9. The van der Waals surface area contributed by atoms with Crippen molar-refractivity contribution in [3.63, 3.8) is 0 Å². The molecule has 3 heteroatoms. The zero-order valence-corrected chi connectivity index (χ0v) is 14.6. The van der Waals surface area contributed by atoms with E-state index in [-0.39, 0.29) is 6.29 Å². The third-order valence-electron chi connectivity index (χ3n) is 3.60. The van der Waals surface area contributed by atoms with E-state index in [2.05, 4.69) is 35.0 Å². The van der Waals surface area contributed by atoms with E-state index in [1.54, 1.807) is 0 Å². The molecule has 0 amide bonds. The highest BCUT2D eigenvalue weighted by Gasteiger charge is 2.12. The maximum atomic E-state index is 5.70. The lowest BCUT2D eigenvalue weighted by molar-refractivity contribution is -0.162. The summed E-state index contributed by atoms with van der Waals surface area (Å²) in [6.45, 7) is 3.93. The second-order valence-corrected chi connectivity index (χ2v) is 7.26. The van der Waals surface area contributed by atoms with E-state index in [0.29, 0.717) is 4.83 Å². The minimum absolute atomic E-state index is 0.0737. The van der Waals surface area contributed by atoms with E-state index in [4.69, 9.17) is 9.47 Å². The molecule has 1 rings (SSSR count). The first-order chi connectivity index (χ1) is 9.79. The standard InChI is InChI=1S/C17H31BrO2/c1-16(18)12-8-6-4-2-3-5-7-10-14-19-17-13-9-11-15-20-17/h3,5,16-17H,2,4,6-15H2,1H3/b5-3-. The summed E-state index contributed by atoms with van der Waals surface area (Å²) in [4.78, 5) is 0.672. The lowest BCUT2D eigenvalue weighted by Gasteiger charge is -2.22. The minimum atomic E-state index is 0.0737. The molecule has 1 heterocycles. The summed E-state index contributed by atoms with van der Waals surface area (Å²) >= 11 is 3.59. The molecular weight excluding hydrogens is 316 g/mol. The highest BCUT2D eigenvalue weighted by Crippen LogP contribution is 2.14. The van der Waals surface area contributed by atoms with Crippen molar-refractivity contribution < 1.29 is 9.47 Å². The monoisotopic (exact) mass is 346 g/mol. The molecule has 1 saturated heterocycles. The SMILES string of the molecule is CC(Br)CCCCC/C=C\CCCOC1CCCCO1. The summed E-state index contributed by atoms with van der Waals surface area (Å²) in [6.07, 6.45) is 17.0. The lowest BCUT2D eigenvalue weighted by atomic mass is 10.1. The molecule has 20 heavy (non-hydrogen) atoms. The highest BCUT2D eigenvalue weighted by molar-refractivity contribution is 9.09. The third-order valence-corrected chi connectivity index (χ3v) is 4.05. The largest absolute Gasteiger partial charge is 0.353 e. The Hall–Kier alpha value is 0.140. The van der Waals surface area contributed by atoms with Crippen molar-refractivity contribution in [3.05, 3.63) is 12.2 Å². The zero-order chi connectivity index (χ0) is 14.5. The summed E-state index contributed by atoms with van der Waals surface area (Å²) in [5.74, 6) is 0. The Morgan fingerprint density at radius 3 is 2.65 bits per heavy atom. The van der Waals surface area contributed by atoms with Crippen LogP contribution in [0.25, 0.3) is 0 Å². The zero-order valence-electron chi connectivity index (χ0n) is 13.0. The van der Waals surface area contributed by atoms with Gasteiger partial charge in [0.2, 0.25) is 0 Å². The fourth-order valence-corrected chi connectivity index (χ4v) is 2.68. The topological polar surface area (TPSA) is 18.5 Å². The van der Waals surface area contributed by atoms with Gasteiger partial charge in [-0.05, 0) is 51.4 Å². The first-order valence-corrected chi connectivity index (χ1v) is 9.23. The molecule has 0 spiro atoms. The fourth-order valence-electron chi connectivity index (χ4n) is 2.36. The predicted octanol–water partition coefficient (Wildman–Crippen LogP) is 5.60. The van der Waals surface area contributed by atoms with E-state index in [0.717, 1.165) is 32.5 Å². The van der Waals surface area contributed by atoms with Gasteiger partial charge in [-0.15, -0.1) is 0 Å². The van der Waals surface area contributed by atoms with Crippen LogP contribution in [-0.2, 0) is 9.47 Å². The lowest BCUT2D eigenvalue weighted by Crippen LogP contribution is -2.22. The molecule has 2 unspecified atom stereocenters. The number of hydrogen-bond donors (Lipinski definition) is 0. The van der Waals surface area contributed by atoms with Gasteiger partial charge in [-0.2, -0.15) is 0 Å². The van der Waals surface area contributed by atoms with E-state index >= 15 is 0 Å². The van der Waals surface area contributed by atoms with Crippen molar-refractivity contribution in [2.24, 2.45) is 0 Å².